The van der Waals surface area contributed by atoms with Crippen LogP contribution in [0, 0.1) is 10.1 Å². The van der Waals surface area contributed by atoms with E-state index in [1.807, 2.05) is 36.4 Å². The first-order valence-electron chi connectivity index (χ1n) is 10.1. The number of amides is 1. The monoisotopic (exact) mass is 464 g/mol. The van der Waals surface area contributed by atoms with Crippen LogP contribution in [0.3, 0.4) is 0 Å². The van der Waals surface area contributed by atoms with Gasteiger partial charge in [0.2, 0.25) is 0 Å². The van der Waals surface area contributed by atoms with Crippen LogP contribution in [0.1, 0.15) is 25.5 Å². The van der Waals surface area contributed by atoms with E-state index in [0.717, 1.165) is 18.5 Å². The molecule has 0 radical (unpaired) electrons. The summed E-state index contributed by atoms with van der Waals surface area (Å²) in [7, 11) is 0. The summed E-state index contributed by atoms with van der Waals surface area (Å²) in [6, 6.07) is 17.7. The van der Waals surface area contributed by atoms with Crippen molar-refractivity contribution in [3.05, 3.63) is 81.4 Å². The zero-order valence-corrected chi connectivity index (χ0v) is 18.9. The Morgan fingerprint density at radius 2 is 1.94 bits per heavy atom. The molecular formula is C23H20N4O3S2. The standard InChI is InChI=1S/C23H20N4O3S2/c1-2-3-12-25-22(28)21(32-23(25)31)15-19-14-20(16-8-7-11-18(13-16)27(29)30)24-26(19)17-9-5-4-6-10-17/h4-11,13-15H,2-3,12H2,1H3/b21-15+. The Morgan fingerprint density at radius 3 is 2.66 bits per heavy atom. The highest BCUT2D eigenvalue weighted by molar-refractivity contribution is 8.26. The Hall–Kier alpha value is -3.30. The molecule has 0 aliphatic carbocycles. The summed E-state index contributed by atoms with van der Waals surface area (Å²) in [6.45, 7) is 2.68. The van der Waals surface area contributed by atoms with Crippen molar-refractivity contribution in [1.29, 1.82) is 0 Å². The van der Waals surface area contributed by atoms with E-state index in [0.29, 0.717) is 32.7 Å². The van der Waals surface area contributed by atoms with Gasteiger partial charge in [-0.3, -0.25) is 19.8 Å². The lowest BCUT2D eigenvalue weighted by Gasteiger charge is -2.13. The Balaban J connectivity index is 1.77. The third-order valence-electron chi connectivity index (χ3n) is 4.98. The maximum atomic E-state index is 12.9. The number of thiocarbonyl (C=S) groups is 1. The molecular weight excluding hydrogens is 444 g/mol. The number of aromatic nitrogens is 2. The average Bonchev–Trinajstić information content (AvgIpc) is 3.34. The zero-order valence-electron chi connectivity index (χ0n) is 17.3. The quantitative estimate of drug-likeness (QED) is 0.200. The number of non-ortho nitro benzene ring substituents is 1. The van der Waals surface area contributed by atoms with Crippen LogP contribution in [-0.2, 0) is 4.79 Å². The van der Waals surface area contributed by atoms with Crippen LogP contribution >= 0.6 is 24.0 Å². The fourth-order valence-corrected chi connectivity index (χ4v) is 4.63. The first-order valence-corrected chi connectivity index (χ1v) is 11.4. The van der Waals surface area contributed by atoms with Gasteiger partial charge in [-0.25, -0.2) is 4.68 Å². The topological polar surface area (TPSA) is 81.3 Å². The maximum Gasteiger partial charge on any atom is 0.270 e. The fraction of sp³-hybridized carbons (Fsp3) is 0.174. The lowest BCUT2D eigenvalue weighted by molar-refractivity contribution is -0.384. The Morgan fingerprint density at radius 1 is 1.16 bits per heavy atom. The molecule has 32 heavy (non-hydrogen) atoms. The number of thioether (sulfide) groups is 1. The minimum absolute atomic E-state index is 0.00453. The van der Waals surface area contributed by atoms with Gasteiger partial charge >= 0.3 is 0 Å². The van der Waals surface area contributed by atoms with Gasteiger partial charge in [-0.15, -0.1) is 0 Å². The van der Waals surface area contributed by atoms with Crippen molar-refractivity contribution in [2.75, 3.05) is 6.54 Å². The minimum Gasteiger partial charge on any atom is -0.293 e. The van der Waals surface area contributed by atoms with E-state index in [4.69, 9.17) is 12.2 Å². The Kier molecular flexibility index (Phi) is 6.48. The van der Waals surface area contributed by atoms with Crippen LogP contribution in [0.4, 0.5) is 5.69 Å². The number of nitro benzene ring substituents is 1. The second-order valence-electron chi connectivity index (χ2n) is 7.20. The first-order chi connectivity index (χ1) is 15.5. The molecule has 1 amide bonds. The molecule has 0 bridgehead atoms. The van der Waals surface area contributed by atoms with Gasteiger partial charge in [-0.1, -0.05) is 67.7 Å². The number of hydrogen-bond donors (Lipinski definition) is 0. The highest BCUT2D eigenvalue weighted by Crippen LogP contribution is 2.34. The second-order valence-corrected chi connectivity index (χ2v) is 8.87. The van der Waals surface area contributed by atoms with E-state index in [2.05, 4.69) is 12.0 Å². The predicted octanol–water partition coefficient (Wildman–Crippen LogP) is 5.45. The number of nitro groups is 1. The third kappa shape index (κ3) is 4.49. The van der Waals surface area contributed by atoms with E-state index < -0.39 is 4.92 Å². The van der Waals surface area contributed by atoms with Crippen molar-refractivity contribution in [3.63, 3.8) is 0 Å². The van der Waals surface area contributed by atoms with E-state index in [1.54, 1.807) is 27.8 Å². The molecule has 0 saturated carbocycles. The van der Waals surface area contributed by atoms with Gasteiger partial charge < -0.3 is 0 Å². The van der Waals surface area contributed by atoms with Crippen LogP contribution in [0.25, 0.3) is 23.0 Å². The minimum atomic E-state index is -0.430. The molecule has 0 N–H and O–H groups in total. The van der Waals surface area contributed by atoms with Gasteiger partial charge in [0, 0.05) is 24.2 Å². The highest BCUT2D eigenvalue weighted by atomic mass is 32.2. The lowest BCUT2D eigenvalue weighted by Crippen LogP contribution is -2.28. The van der Waals surface area contributed by atoms with Crippen molar-refractivity contribution < 1.29 is 9.72 Å². The van der Waals surface area contributed by atoms with Crippen molar-refractivity contribution in [2.45, 2.75) is 19.8 Å². The molecule has 4 rings (SSSR count). The molecule has 2 aromatic carbocycles. The summed E-state index contributed by atoms with van der Waals surface area (Å²) in [5.74, 6) is -0.105. The summed E-state index contributed by atoms with van der Waals surface area (Å²) >= 11 is 6.69. The summed E-state index contributed by atoms with van der Waals surface area (Å²) in [5.41, 5.74) is 2.70. The molecule has 0 spiro atoms. The van der Waals surface area contributed by atoms with Crippen LogP contribution in [-0.4, -0.2) is 36.4 Å². The van der Waals surface area contributed by atoms with E-state index >= 15 is 0 Å². The summed E-state index contributed by atoms with van der Waals surface area (Å²) in [5, 5.41) is 15.9. The molecule has 162 valence electrons. The van der Waals surface area contributed by atoms with Crippen LogP contribution in [0.5, 0.6) is 0 Å². The SMILES string of the molecule is CCCCN1C(=O)/C(=C\c2cc(-c3cccc([N+](=O)[O-])c3)nn2-c2ccccc2)SC1=S. The number of hydrogen-bond acceptors (Lipinski definition) is 6. The predicted molar refractivity (Wildman–Crippen MR) is 130 cm³/mol. The average molecular weight is 465 g/mol. The van der Waals surface area contributed by atoms with Gasteiger partial charge in [0.1, 0.15) is 4.32 Å². The normalized spacial score (nSPS) is 15.0. The van der Waals surface area contributed by atoms with Crippen LogP contribution < -0.4 is 0 Å². The number of carbonyl (C=O) groups excluding carboxylic acids is 1. The molecule has 1 fully saturated rings. The summed E-state index contributed by atoms with van der Waals surface area (Å²) in [6.07, 6.45) is 3.65. The van der Waals surface area contributed by atoms with Gasteiger partial charge in [-0.05, 0) is 30.7 Å². The van der Waals surface area contributed by atoms with Gasteiger partial charge in [0.05, 0.1) is 26.9 Å². The van der Waals surface area contributed by atoms with E-state index in [-0.39, 0.29) is 11.6 Å². The Labute approximate surface area is 194 Å². The molecule has 1 aliphatic rings. The molecule has 2 heterocycles. The number of rotatable bonds is 7. The van der Waals surface area contributed by atoms with Gasteiger partial charge in [0.15, 0.2) is 0 Å². The number of benzene rings is 2. The maximum absolute atomic E-state index is 12.9. The van der Waals surface area contributed by atoms with Crippen molar-refractivity contribution >= 4 is 46.0 Å². The molecule has 0 unspecified atom stereocenters. The van der Waals surface area contributed by atoms with Crippen LogP contribution in [0.2, 0.25) is 0 Å². The third-order valence-corrected chi connectivity index (χ3v) is 6.36. The second kappa shape index (κ2) is 9.46. The lowest BCUT2D eigenvalue weighted by atomic mass is 10.1. The molecule has 1 aliphatic heterocycles. The van der Waals surface area contributed by atoms with E-state index in [1.165, 1.54) is 23.9 Å². The van der Waals surface area contributed by atoms with Gasteiger partial charge in [0.25, 0.3) is 11.6 Å². The van der Waals surface area contributed by atoms with Crippen molar-refractivity contribution in [1.82, 2.24) is 14.7 Å². The number of carbonyl (C=O) groups is 1. The molecule has 1 saturated heterocycles. The molecule has 3 aromatic rings. The summed E-state index contributed by atoms with van der Waals surface area (Å²) < 4.78 is 2.28. The van der Waals surface area contributed by atoms with Crippen molar-refractivity contribution in [2.24, 2.45) is 0 Å². The Bertz CT molecular complexity index is 1220. The number of para-hydroxylation sites is 1. The summed E-state index contributed by atoms with van der Waals surface area (Å²) in [4.78, 5) is 25.9. The largest absolute Gasteiger partial charge is 0.293 e. The number of unbranched alkanes of at least 4 members (excludes halogenated alkanes) is 1. The zero-order chi connectivity index (χ0) is 22.7. The van der Waals surface area contributed by atoms with Gasteiger partial charge in [-0.2, -0.15) is 5.10 Å². The van der Waals surface area contributed by atoms with Crippen molar-refractivity contribution in [3.8, 4) is 16.9 Å². The smallest absolute Gasteiger partial charge is 0.270 e. The fourth-order valence-electron chi connectivity index (χ4n) is 3.34. The van der Waals surface area contributed by atoms with Crippen LogP contribution in [0.15, 0.2) is 65.6 Å². The molecule has 0 atom stereocenters. The molecule has 7 nitrogen and oxygen atoms in total. The molecule has 1 aromatic heterocycles. The highest BCUT2D eigenvalue weighted by Gasteiger charge is 2.31. The number of nitrogens with zero attached hydrogens (tertiary/aromatic N) is 4. The first kappa shape index (κ1) is 21.9. The van der Waals surface area contributed by atoms with E-state index in [9.17, 15) is 14.9 Å². The molecule has 9 heteroatoms.